The maximum Gasteiger partial charge on any atom is 0.242 e. The molecule has 4 nitrogen and oxygen atoms in total. The van der Waals surface area contributed by atoms with E-state index in [0.29, 0.717) is 15.6 Å². The summed E-state index contributed by atoms with van der Waals surface area (Å²) in [6, 6.07) is 12.8. The number of thioether (sulfide) groups is 1. The Morgan fingerprint density at radius 3 is 2.35 bits per heavy atom. The molecule has 0 radical (unpaired) electrons. The number of rotatable bonds is 10. The first-order valence-corrected chi connectivity index (χ1v) is 12.3. The Labute approximate surface area is 199 Å². The zero-order valence-electron chi connectivity index (χ0n) is 18.5. The maximum atomic E-state index is 13.2. The highest BCUT2D eigenvalue weighted by Gasteiger charge is 2.27. The molecule has 0 fully saturated rings. The van der Waals surface area contributed by atoms with Gasteiger partial charge >= 0.3 is 0 Å². The van der Waals surface area contributed by atoms with Gasteiger partial charge in [0, 0.05) is 33.9 Å². The second-order valence-corrected chi connectivity index (χ2v) is 9.50. The summed E-state index contributed by atoms with van der Waals surface area (Å²) in [4.78, 5) is 27.5. The van der Waals surface area contributed by atoms with Crippen molar-refractivity contribution in [3.8, 4) is 0 Å². The van der Waals surface area contributed by atoms with Crippen LogP contribution >= 0.6 is 35.0 Å². The van der Waals surface area contributed by atoms with E-state index in [0.717, 1.165) is 12.2 Å². The highest BCUT2D eigenvalue weighted by molar-refractivity contribution is 7.99. The summed E-state index contributed by atoms with van der Waals surface area (Å²) in [5.41, 5.74) is 3.00. The summed E-state index contributed by atoms with van der Waals surface area (Å²) in [5.74, 6) is 0.674. The zero-order valence-corrected chi connectivity index (χ0v) is 20.8. The fourth-order valence-electron chi connectivity index (χ4n) is 3.04. The van der Waals surface area contributed by atoms with Crippen molar-refractivity contribution in [2.24, 2.45) is 0 Å². The van der Waals surface area contributed by atoms with Crippen molar-refractivity contribution in [1.82, 2.24) is 10.2 Å². The average Bonchev–Trinajstić information content (AvgIpc) is 2.73. The Kier molecular flexibility index (Phi) is 10.2. The molecule has 0 aliphatic heterocycles. The van der Waals surface area contributed by atoms with Gasteiger partial charge in [-0.3, -0.25) is 9.59 Å². The van der Waals surface area contributed by atoms with Gasteiger partial charge in [0.25, 0.3) is 0 Å². The summed E-state index contributed by atoms with van der Waals surface area (Å²) in [7, 11) is 0. The molecule has 0 saturated heterocycles. The van der Waals surface area contributed by atoms with Crippen molar-refractivity contribution in [3.63, 3.8) is 0 Å². The smallest absolute Gasteiger partial charge is 0.242 e. The summed E-state index contributed by atoms with van der Waals surface area (Å²) in [6.45, 7) is 7.92. The zero-order chi connectivity index (χ0) is 23.0. The highest BCUT2D eigenvalue weighted by Crippen LogP contribution is 2.27. The van der Waals surface area contributed by atoms with Crippen molar-refractivity contribution in [3.05, 3.63) is 69.2 Å². The standard InChI is InChI=1S/C24H30Cl2N2O2S/c1-5-17(3)27-24(30)18(4)28(13-20-21(25)10-7-11-22(20)26)23(29)15-31-14-19-9-6-8-16(2)12-19/h6-12,17-18H,5,13-15H2,1-4H3,(H,27,30). The number of amides is 2. The van der Waals surface area contributed by atoms with E-state index >= 15 is 0 Å². The molecule has 2 aromatic rings. The highest BCUT2D eigenvalue weighted by atomic mass is 35.5. The quantitative estimate of drug-likeness (QED) is 0.462. The molecule has 0 bridgehead atoms. The molecule has 0 heterocycles. The van der Waals surface area contributed by atoms with E-state index in [1.807, 2.05) is 39.0 Å². The Bertz CT molecular complexity index is 887. The molecule has 2 amide bonds. The molecular weight excluding hydrogens is 451 g/mol. The van der Waals surface area contributed by atoms with Gasteiger partial charge in [0.05, 0.1) is 5.75 Å². The van der Waals surface area contributed by atoms with Crippen molar-refractivity contribution >= 4 is 46.8 Å². The normalized spacial score (nSPS) is 12.8. The number of nitrogens with one attached hydrogen (secondary N) is 1. The third kappa shape index (κ3) is 7.74. The molecule has 0 spiro atoms. The van der Waals surface area contributed by atoms with E-state index < -0.39 is 6.04 Å². The number of carbonyl (C=O) groups excluding carboxylic acids is 2. The largest absolute Gasteiger partial charge is 0.352 e. The minimum absolute atomic E-state index is 0.0338. The number of benzene rings is 2. The fraction of sp³-hybridized carbons (Fsp3) is 0.417. The first kappa shape index (κ1) is 25.6. The van der Waals surface area contributed by atoms with Gasteiger partial charge in [-0.1, -0.05) is 66.0 Å². The Balaban J connectivity index is 2.15. The molecule has 0 aliphatic carbocycles. The number of nitrogens with zero attached hydrogens (tertiary/aromatic N) is 1. The fourth-order valence-corrected chi connectivity index (χ4v) is 4.42. The SMILES string of the molecule is CCC(C)NC(=O)C(C)N(Cc1c(Cl)cccc1Cl)C(=O)CSCc1cccc(C)c1. The Morgan fingerprint density at radius 1 is 1.10 bits per heavy atom. The maximum absolute atomic E-state index is 13.2. The molecule has 0 saturated carbocycles. The number of hydrogen-bond acceptors (Lipinski definition) is 3. The van der Waals surface area contributed by atoms with Crippen LogP contribution < -0.4 is 5.32 Å². The molecule has 2 aromatic carbocycles. The molecule has 31 heavy (non-hydrogen) atoms. The van der Waals surface area contributed by atoms with Crippen molar-refractivity contribution in [2.75, 3.05) is 5.75 Å². The van der Waals surface area contributed by atoms with Gasteiger partial charge in [0.15, 0.2) is 0 Å². The molecular formula is C24H30Cl2N2O2S. The van der Waals surface area contributed by atoms with Crippen LogP contribution in [0.1, 0.15) is 43.9 Å². The number of carbonyl (C=O) groups is 2. The second kappa shape index (κ2) is 12.4. The van der Waals surface area contributed by atoms with Crippen LogP contribution in [0.3, 0.4) is 0 Å². The van der Waals surface area contributed by atoms with Gasteiger partial charge in [-0.25, -0.2) is 0 Å². The molecule has 2 rings (SSSR count). The lowest BCUT2D eigenvalue weighted by Gasteiger charge is -2.30. The summed E-state index contributed by atoms with van der Waals surface area (Å²) in [6.07, 6.45) is 0.815. The van der Waals surface area contributed by atoms with E-state index in [1.54, 1.807) is 30.0 Å². The number of aryl methyl sites for hydroxylation is 1. The third-order valence-corrected chi connectivity index (χ3v) is 6.83. The van der Waals surface area contributed by atoms with E-state index in [1.165, 1.54) is 22.9 Å². The van der Waals surface area contributed by atoms with Crippen LogP contribution in [0, 0.1) is 6.92 Å². The van der Waals surface area contributed by atoms with Gasteiger partial charge in [0.2, 0.25) is 11.8 Å². The topological polar surface area (TPSA) is 49.4 Å². The second-order valence-electron chi connectivity index (χ2n) is 7.70. The Morgan fingerprint density at radius 2 is 1.74 bits per heavy atom. The molecule has 7 heteroatoms. The third-order valence-electron chi connectivity index (χ3n) is 5.14. The molecule has 0 aromatic heterocycles. The van der Waals surface area contributed by atoms with E-state index in [4.69, 9.17) is 23.2 Å². The summed E-state index contributed by atoms with van der Waals surface area (Å²) >= 11 is 14.2. The molecule has 2 unspecified atom stereocenters. The van der Waals surface area contributed by atoms with Crippen LogP contribution in [0.2, 0.25) is 10.0 Å². The summed E-state index contributed by atoms with van der Waals surface area (Å²) < 4.78 is 0. The van der Waals surface area contributed by atoms with Gasteiger partial charge in [-0.2, -0.15) is 0 Å². The monoisotopic (exact) mass is 480 g/mol. The van der Waals surface area contributed by atoms with Gasteiger partial charge in [-0.05, 0) is 44.9 Å². The van der Waals surface area contributed by atoms with Gasteiger partial charge in [0.1, 0.15) is 6.04 Å². The van der Waals surface area contributed by atoms with Gasteiger partial charge < -0.3 is 10.2 Å². The van der Waals surface area contributed by atoms with E-state index in [2.05, 4.69) is 11.4 Å². The number of hydrogen-bond donors (Lipinski definition) is 1. The molecule has 1 N–H and O–H groups in total. The Hall–Kier alpha value is -1.69. The lowest BCUT2D eigenvalue weighted by Crippen LogP contribution is -2.50. The average molecular weight is 481 g/mol. The predicted octanol–water partition coefficient (Wildman–Crippen LogP) is 5.87. The van der Waals surface area contributed by atoms with Crippen LogP contribution in [-0.4, -0.2) is 34.6 Å². The lowest BCUT2D eigenvalue weighted by atomic mass is 10.1. The molecule has 168 valence electrons. The molecule has 2 atom stereocenters. The van der Waals surface area contributed by atoms with Crippen molar-refractivity contribution in [2.45, 2.75) is 58.5 Å². The molecule has 0 aliphatic rings. The van der Waals surface area contributed by atoms with Crippen LogP contribution in [0.4, 0.5) is 0 Å². The van der Waals surface area contributed by atoms with Crippen LogP contribution in [0.25, 0.3) is 0 Å². The minimum Gasteiger partial charge on any atom is -0.352 e. The van der Waals surface area contributed by atoms with Crippen molar-refractivity contribution in [1.29, 1.82) is 0 Å². The minimum atomic E-state index is -0.645. The lowest BCUT2D eigenvalue weighted by molar-refractivity contribution is -0.138. The number of halogens is 2. The van der Waals surface area contributed by atoms with E-state index in [9.17, 15) is 9.59 Å². The predicted molar refractivity (Wildman–Crippen MR) is 132 cm³/mol. The van der Waals surface area contributed by atoms with Crippen LogP contribution in [-0.2, 0) is 21.9 Å². The van der Waals surface area contributed by atoms with E-state index in [-0.39, 0.29) is 30.2 Å². The van der Waals surface area contributed by atoms with Crippen LogP contribution in [0.15, 0.2) is 42.5 Å². The van der Waals surface area contributed by atoms with Crippen LogP contribution in [0.5, 0.6) is 0 Å². The first-order valence-electron chi connectivity index (χ1n) is 10.4. The van der Waals surface area contributed by atoms with Crippen molar-refractivity contribution < 1.29 is 9.59 Å². The first-order chi connectivity index (χ1) is 14.7. The van der Waals surface area contributed by atoms with Gasteiger partial charge in [-0.15, -0.1) is 11.8 Å². The summed E-state index contributed by atoms with van der Waals surface area (Å²) in [5, 5.41) is 3.92.